The molecule has 3 aromatic rings. The summed E-state index contributed by atoms with van der Waals surface area (Å²) in [5.41, 5.74) is 2.83. The molecule has 27 heavy (non-hydrogen) atoms. The molecule has 1 aromatic heterocycles. The summed E-state index contributed by atoms with van der Waals surface area (Å²) in [6, 6.07) is 15.9. The molecule has 138 valence electrons. The van der Waals surface area contributed by atoms with Gasteiger partial charge in [0.2, 0.25) is 0 Å². The largest absolute Gasteiger partial charge is 0.495 e. The molecule has 0 fully saturated rings. The number of nitrogens with one attached hydrogen (secondary N) is 2. The second-order valence-electron chi connectivity index (χ2n) is 6.04. The molecule has 1 heterocycles. The van der Waals surface area contributed by atoms with E-state index >= 15 is 0 Å². The summed E-state index contributed by atoms with van der Waals surface area (Å²) in [6.45, 7) is 3.98. The Kier molecular flexibility index (Phi) is 5.57. The van der Waals surface area contributed by atoms with Gasteiger partial charge in [-0.25, -0.2) is 0 Å². The number of carbonyl (C=O) groups excluding carboxylic acids is 2. The first kappa shape index (κ1) is 18.7. The number of ether oxygens (including phenoxy) is 1. The second kappa shape index (κ2) is 8.05. The van der Waals surface area contributed by atoms with E-state index in [1.165, 1.54) is 11.3 Å². The number of hydrogen-bond acceptors (Lipinski definition) is 4. The third-order valence-corrected chi connectivity index (χ3v) is 5.30. The van der Waals surface area contributed by atoms with Gasteiger partial charge in [-0.2, -0.15) is 0 Å². The van der Waals surface area contributed by atoms with Gasteiger partial charge in [-0.1, -0.05) is 12.1 Å². The Morgan fingerprint density at radius 3 is 2.26 bits per heavy atom. The Morgan fingerprint density at radius 1 is 0.926 bits per heavy atom. The molecule has 0 bridgehead atoms. The van der Waals surface area contributed by atoms with E-state index in [9.17, 15) is 9.59 Å². The molecule has 0 aliphatic heterocycles. The Bertz CT molecular complexity index is 958. The lowest BCUT2D eigenvalue weighted by molar-refractivity contribution is 0.102. The predicted octanol–water partition coefficient (Wildman–Crippen LogP) is 4.88. The third kappa shape index (κ3) is 4.35. The fourth-order valence-electron chi connectivity index (χ4n) is 2.53. The van der Waals surface area contributed by atoms with E-state index < -0.39 is 0 Å². The molecule has 2 N–H and O–H groups in total. The highest BCUT2D eigenvalue weighted by atomic mass is 32.1. The lowest BCUT2D eigenvalue weighted by Gasteiger charge is -2.10. The van der Waals surface area contributed by atoms with Gasteiger partial charge in [-0.15, -0.1) is 11.3 Å². The molecule has 0 saturated heterocycles. The Morgan fingerprint density at radius 2 is 1.63 bits per heavy atom. The number of rotatable bonds is 5. The highest BCUT2D eigenvalue weighted by Gasteiger charge is 2.12. The summed E-state index contributed by atoms with van der Waals surface area (Å²) < 4.78 is 5.24. The average molecular weight is 380 g/mol. The van der Waals surface area contributed by atoms with Crippen molar-refractivity contribution in [3.8, 4) is 5.75 Å². The molecule has 3 rings (SSSR count). The maximum atomic E-state index is 12.4. The van der Waals surface area contributed by atoms with Crippen LogP contribution in [0.3, 0.4) is 0 Å². The van der Waals surface area contributed by atoms with Gasteiger partial charge in [0, 0.05) is 16.1 Å². The number of para-hydroxylation sites is 2. The van der Waals surface area contributed by atoms with Gasteiger partial charge in [-0.3, -0.25) is 9.59 Å². The molecular weight excluding hydrogens is 360 g/mol. The lowest BCUT2D eigenvalue weighted by atomic mass is 10.2. The van der Waals surface area contributed by atoms with Crippen molar-refractivity contribution in [1.82, 2.24) is 0 Å². The van der Waals surface area contributed by atoms with Crippen molar-refractivity contribution in [2.45, 2.75) is 13.8 Å². The quantitative estimate of drug-likeness (QED) is 0.663. The van der Waals surface area contributed by atoms with Crippen molar-refractivity contribution in [1.29, 1.82) is 0 Å². The number of aryl methyl sites for hydroxylation is 2. The fraction of sp³-hybridized carbons (Fsp3) is 0.143. The van der Waals surface area contributed by atoms with Crippen LogP contribution < -0.4 is 15.4 Å². The number of hydrogen-bond donors (Lipinski definition) is 2. The third-order valence-electron chi connectivity index (χ3n) is 4.15. The first-order valence-corrected chi connectivity index (χ1v) is 9.22. The molecule has 0 saturated carbocycles. The number of thiophene rings is 1. The minimum Gasteiger partial charge on any atom is -0.495 e. The van der Waals surface area contributed by atoms with Crippen molar-refractivity contribution in [2.24, 2.45) is 0 Å². The number of carbonyl (C=O) groups is 2. The molecular formula is C21H20N2O3S. The van der Waals surface area contributed by atoms with Gasteiger partial charge in [0.05, 0.1) is 17.7 Å². The zero-order valence-corrected chi connectivity index (χ0v) is 16.1. The predicted molar refractivity (Wildman–Crippen MR) is 109 cm³/mol. The average Bonchev–Trinajstić information content (AvgIpc) is 3.01. The normalized spacial score (nSPS) is 10.3. The molecule has 2 aromatic carbocycles. The minimum absolute atomic E-state index is 0.151. The van der Waals surface area contributed by atoms with Gasteiger partial charge in [0.15, 0.2) is 0 Å². The van der Waals surface area contributed by atoms with Crippen molar-refractivity contribution >= 4 is 34.5 Å². The number of amides is 2. The van der Waals surface area contributed by atoms with E-state index in [0.29, 0.717) is 27.6 Å². The van der Waals surface area contributed by atoms with E-state index in [2.05, 4.69) is 10.6 Å². The summed E-state index contributed by atoms with van der Waals surface area (Å²) in [5, 5.41) is 5.68. The summed E-state index contributed by atoms with van der Waals surface area (Å²) >= 11 is 1.47. The maximum Gasteiger partial charge on any atom is 0.265 e. The van der Waals surface area contributed by atoms with E-state index in [1.54, 1.807) is 43.5 Å². The van der Waals surface area contributed by atoms with Crippen LogP contribution in [0, 0.1) is 13.8 Å². The summed E-state index contributed by atoms with van der Waals surface area (Å²) in [4.78, 5) is 26.5. The number of methoxy groups -OCH3 is 1. The van der Waals surface area contributed by atoms with Crippen molar-refractivity contribution < 1.29 is 14.3 Å². The highest BCUT2D eigenvalue weighted by molar-refractivity contribution is 7.14. The Balaban J connectivity index is 1.67. The smallest absolute Gasteiger partial charge is 0.265 e. The van der Waals surface area contributed by atoms with E-state index in [4.69, 9.17) is 4.74 Å². The van der Waals surface area contributed by atoms with E-state index in [0.717, 1.165) is 10.4 Å². The zero-order valence-electron chi connectivity index (χ0n) is 15.3. The molecule has 0 aliphatic carbocycles. The van der Waals surface area contributed by atoms with Crippen LogP contribution >= 0.6 is 11.3 Å². The fourth-order valence-corrected chi connectivity index (χ4v) is 3.45. The van der Waals surface area contributed by atoms with E-state index in [-0.39, 0.29) is 11.8 Å². The number of benzene rings is 2. The van der Waals surface area contributed by atoms with Gasteiger partial charge < -0.3 is 15.4 Å². The topological polar surface area (TPSA) is 67.4 Å². The molecule has 0 radical (unpaired) electrons. The lowest BCUT2D eigenvalue weighted by Crippen LogP contribution is -2.13. The molecule has 0 atom stereocenters. The maximum absolute atomic E-state index is 12.4. The van der Waals surface area contributed by atoms with Crippen LogP contribution in [0.1, 0.15) is 30.5 Å². The van der Waals surface area contributed by atoms with Crippen LogP contribution in [0.15, 0.2) is 54.6 Å². The van der Waals surface area contributed by atoms with Crippen LogP contribution in [-0.4, -0.2) is 18.9 Å². The summed E-state index contributed by atoms with van der Waals surface area (Å²) in [7, 11) is 1.55. The van der Waals surface area contributed by atoms with Crippen LogP contribution in [0.2, 0.25) is 0 Å². The SMILES string of the molecule is COc1ccccc1NC(=O)c1ccc(NC(=O)c2cc(C)c(C)s2)cc1. The van der Waals surface area contributed by atoms with Gasteiger partial charge in [0.25, 0.3) is 11.8 Å². The molecule has 5 nitrogen and oxygen atoms in total. The molecule has 0 aliphatic rings. The van der Waals surface area contributed by atoms with Crippen molar-refractivity contribution in [2.75, 3.05) is 17.7 Å². The highest BCUT2D eigenvalue weighted by Crippen LogP contribution is 2.24. The summed E-state index contributed by atoms with van der Waals surface area (Å²) in [5.74, 6) is 0.195. The van der Waals surface area contributed by atoms with Gasteiger partial charge >= 0.3 is 0 Å². The second-order valence-corrected chi connectivity index (χ2v) is 7.29. The zero-order chi connectivity index (χ0) is 19.4. The van der Waals surface area contributed by atoms with Crippen LogP contribution in [-0.2, 0) is 0 Å². The number of anilines is 2. The van der Waals surface area contributed by atoms with Crippen LogP contribution in [0.25, 0.3) is 0 Å². The van der Waals surface area contributed by atoms with Crippen LogP contribution in [0.4, 0.5) is 11.4 Å². The van der Waals surface area contributed by atoms with Crippen molar-refractivity contribution in [3.05, 3.63) is 75.5 Å². The van der Waals surface area contributed by atoms with Gasteiger partial charge in [0.1, 0.15) is 5.75 Å². The molecule has 0 spiro atoms. The standard InChI is InChI=1S/C21H20N2O3S/c1-13-12-19(27-14(13)2)21(25)22-16-10-8-15(9-11-16)20(24)23-17-6-4-5-7-18(17)26-3/h4-12H,1-3H3,(H,22,25)(H,23,24). The monoisotopic (exact) mass is 380 g/mol. The van der Waals surface area contributed by atoms with E-state index in [1.807, 2.05) is 32.0 Å². The molecule has 0 unspecified atom stereocenters. The van der Waals surface area contributed by atoms with Gasteiger partial charge in [-0.05, 0) is 61.9 Å². The molecule has 6 heteroatoms. The van der Waals surface area contributed by atoms with Crippen LogP contribution in [0.5, 0.6) is 5.75 Å². The molecule has 2 amide bonds. The first-order valence-electron chi connectivity index (χ1n) is 8.40. The minimum atomic E-state index is -0.248. The van der Waals surface area contributed by atoms with Crippen molar-refractivity contribution in [3.63, 3.8) is 0 Å². The summed E-state index contributed by atoms with van der Waals surface area (Å²) in [6.07, 6.45) is 0. The first-order chi connectivity index (χ1) is 13.0. The Labute approximate surface area is 162 Å². The Hall–Kier alpha value is -3.12.